The topological polar surface area (TPSA) is 133 Å². The summed E-state index contributed by atoms with van der Waals surface area (Å²) in [5.41, 5.74) is -3.08. The van der Waals surface area contributed by atoms with Gasteiger partial charge in [0.1, 0.15) is 11.7 Å². The summed E-state index contributed by atoms with van der Waals surface area (Å²) < 4.78 is 24.1. The molecule has 13 heavy (non-hydrogen) atoms. The van der Waals surface area contributed by atoms with E-state index in [0.29, 0.717) is 0 Å². The van der Waals surface area contributed by atoms with Crippen LogP contribution in [-0.2, 0) is 31.0 Å². The van der Waals surface area contributed by atoms with Crippen molar-refractivity contribution in [3.05, 3.63) is 0 Å². The van der Waals surface area contributed by atoms with Crippen molar-refractivity contribution in [2.45, 2.75) is 5.59 Å². The summed E-state index contributed by atoms with van der Waals surface area (Å²) in [5.74, 6) is 0. The summed E-state index contributed by atoms with van der Waals surface area (Å²) in [5, 5.41) is 8.40. The zero-order chi connectivity index (χ0) is 9.99. The van der Waals surface area contributed by atoms with Crippen molar-refractivity contribution in [3.8, 4) is 0 Å². The molecule has 0 aromatic heterocycles. The standard InChI is InChI=1S/C2H7ClO7P2.Cr/c3-1-10-12(8,9)2(4)11(5,6)7;/h2,4H,1H2,(H,8,9)(H2,5,6,7);/q;+3/p-3. The fourth-order valence-corrected chi connectivity index (χ4v) is 2.57. The van der Waals surface area contributed by atoms with Gasteiger partial charge in [-0.05, 0) is 7.60 Å². The number of hydrogen-bond donors (Lipinski definition) is 1. The van der Waals surface area contributed by atoms with Gasteiger partial charge in [0.25, 0.3) is 0 Å². The third-order valence-electron chi connectivity index (χ3n) is 0.794. The minimum absolute atomic E-state index is 0. The molecule has 0 bridgehead atoms. The number of alkyl halides is 1. The molecule has 0 aromatic carbocycles. The molecule has 2 atom stereocenters. The Bertz CT molecular complexity index is 239. The molecule has 2 unspecified atom stereocenters. The average molecular weight is 289 g/mol. The maximum Gasteiger partial charge on any atom is 3.00 e. The minimum Gasteiger partial charge on any atom is -0.809 e. The van der Waals surface area contributed by atoms with Gasteiger partial charge in [-0.25, -0.2) is 0 Å². The van der Waals surface area contributed by atoms with Gasteiger partial charge in [-0.3, -0.25) is 0 Å². The smallest absolute Gasteiger partial charge is 0.809 e. The van der Waals surface area contributed by atoms with Gasteiger partial charge in [0.2, 0.25) is 0 Å². The number of hydrogen-bond acceptors (Lipinski definition) is 7. The Morgan fingerprint density at radius 1 is 1.38 bits per heavy atom. The summed E-state index contributed by atoms with van der Waals surface area (Å²) in [6.45, 7) is 0. The summed E-state index contributed by atoms with van der Waals surface area (Å²) in [4.78, 5) is 30.4. The van der Waals surface area contributed by atoms with Crippen LogP contribution < -0.4 is 14.7 Å². The first-order valence-corrected chi connectivity index (χ1v) is 6.18. The molecule has 77 valence electrons. The van der Waals surface area contributed by atoms with Crippen LogP contribution >= 0.6 is 26.8 Å². The molecule has 0 fully saturated rings. The van der Waals surface area contributed by atoms with E-state index in [0.717, 1.165) is 0 Å². The predicted octanol–water partition coefficient (Wildman–Crippen LogP) is -2.06. The fourth-order valence-electron chi connectivity index (χ4n) is 0.308. The average Bonchev–Trinajstić information content (AvgIpc) is 1.84. The number of aliphatic hydroxyl groups excluding tert-OH is 1. The Balaban J connectivity index is 0. The van der Waals surface area contributed by atoms with Gasteiger partial charge in [0.05, 0.1) is 0 Å². The van der Waals surface area contributed by atoms with E-state index in [2.05, 4.69) is 4.52 Å². The van der Waals surface area contributed by atoms with Crippen molar-refractivity contribution < 1.29 is 50.8 Å². The van der Waals surface area contributed by atoms with E-state index in [1.165, 1.54) is 0 Å². The first kappa shape index (κ1) is 16.5. The van der Waals surface area contributed by atoms with E-state index in [-0.39, 0.29) is 17.4 Å². The second kappa shape index (κ2) is 5.84. The molecule has 0 saturated carbocycles. The Kier molecular flexibility index (Phi) is 7.42. The second-order valence-electron chi connectivity index (χ2n) is 1.66. The molecule has 1 N–H and O–H groups in total. The largest absolute Gasteiger partial charge is 3.00 e. The van der Waals surface area contributed by atoms with E-state index in [4.69, 9.17) is 16.7 Å². The Labute approximate surface area is 89.5 Å². The van der Waals surface area contributed by atoms with Crippen molar-refractivity contribution in [1.29, 1.82) is 0 Å². The number of rotatable bonds is 4. The molecule has 0 amide bonds. The molecule has 0 rings (SSSR count). The molecule has 1 radical (unpaired) electrons. The molecule has 11 heteroatoms. The maximum absolute atomic E-state index is 10.5. The second-order valence-corrected chi connectivity index (χ2v) is 5.69. The normalized spacial score (nSPS) is 18.5. The van der Waals surface area contributed by atoms with E-state index in [1.54, 1.807) is 0 Å². The van der Waals surface area contributed by atoms with Crippen molar-refractivity contribution in [3.63, 3.8) is 0 Å². The first-order chi connectivity index (χ1) is 5.22. The molecule has 0 saturated heterocycles. The third-order valence-corrected chi connectivity index (χ3v) is 4.37. The van der Waals surface area contributed by atoms with Crippen LogP contribution in [0.4, 0.5) is 0 Å². The Morgan fingerprint density at radius 3 is 2.00 bits per heavy atom. The van der Waals surface area contributed by atoms with Gasteiger partial charge >= 0.3 is 17.4 Å². The molecule has 0 heterocycles. The quantitative estimate of drug-likeness (QED) is 0.464. The molecule has 7 nitrogen and oxygen atoms in total. The van der Waals surface area contributed by atoms with Crippen LogP contribution in [0.2, 0.25) is 0 Å². The van der Waals surface area contributed by atoms with Crippen LogP contribution in [0.25, 0.3) is 0 Å². The molecular formula is C2H4ClCrO7P2. The van der Waals surface area contributed by atoms with E-state index in [9.17, 15) is 23.8 Å². The minimum atomic E-state index is -5.61. The predicted molar refractivity (Wildman–Crippen MR) is 33.0 cm³/mol. The summed E-state index contributed by atoms with van der Waals surface area (Å²) in [6.07, 6.45) is 0. The number of aliphatic hydroxyl groups is 1. The van der Waals surface area contributed by atoms with Crippen molar-refractivity contribution in [2.24, 2.45) is 0 Å². The SMILES string of the molecule is O=P([O-])([O-])C(O)P(=O)([O-])OCCl.[Cr+3]. The van der Waals surface area contributed by atoms with Gasteiger partial charge in [-0.15, -0.1) is 0 Å². The van der Waals surface area contributed by atoms with Gasteiger partial charge in [-0.1, -0.05) is 11.6 Å². The van der Waals surface area contributed by atoms with Gasteiger partial charge in [-0.2, -0.15) is 0 Å². The van der Waals surface area contributed by atoms with E-state index in [1.807, 2.05) is 0 Å². The van der Waals surface area contributed by atoms with Crippen LogP contribution in [-0.4, -0.2) is 16.8 Å². The molecule has 0 aliphatic heterocycles. The molecule has 0 aliphatic rings. The van der Waals surface area contributed by atoms with Crippen molar-refractivity contribution in [1.82, 2.24) is 0 Å². The summed E-state index contributed by atoms with van der Waals surface area (Å²) >= 11 is 4.78. The molecule has 0 aromatic rings. The number of halogens is 1. The Morgan fingerprint density at radius 2 is 1.77 bits per heavy atom. The maximum atomic E-state index is 10.5. The zero-order valence-electron chi connectivity index (χ0n) is 5.86. The fraction of sp³-hybridized carbons (Fsp3) is 1.00. The van der Waals surface area contributed by atoms with Crippen LogP contribution in [0.1, 0.15) is 0 Å². The van der Waals surface area contributed by atoms with E-state index < -0.39 is 26.8 Å². The molecule has 0 spiro atoms. The van der Waals surface area contributed by atoms with Crippen LogP contribution in [0.5, 0.6) is 0 Å². The van der Waals surface area contributed by atoms with Crippen LogP contribution in [0, 0.1) is 0 Å². The summed E-state index contributed by atoms with van der Waals surface area (Å²) in [7, 11) is -10.7. The van der Waals surface area contributed by atoms with Gasteiger partial charge in [0.15, 0.2) is 7.60 Å². The van der Waals surface area contributed by atoms with Gasteiger partial charge < -0.3 is 33.4 Å². The Hall–Kier alpha value is 1.08. The van der Waals surface area contributed by atoms with Crippen molar-refractivity contribution in [2.75, 3.05) is 6.07 Å². The first-order valence-electron chi connectivity index (χ1n) is 2.43. The summed E-state index contributed by atoms with van der Waals surface area (Å²) in [6, 6.07) is -0.863. The molecular weight excluding hydrogens is 285 g/mol. The monoisotopic (exact) mass is 289 g/mol. The molecule has 0 aliphatic carbocycles. The van der Waals surface area contributed by atoms with E-state index >= 15 is 0 Å². The zero-order valence-corrected chi connectivity index (χ0v) is 9.68. The van der Waals surface area contributed by atoms with Crippen LogP contribution in [0.15, 0.2) is 0 Å². The van der Waals surface area contributed by atoms with Gasteiger partial charge in [0, 0.05) is 0 Å². The third kappa shape index (κ3) is 5.51. The van der Waals surface area contributed by atoms with Crippen LogP contribution in [0.3, 0.4) is 0 Å². The van der Waals surface area contributed by atoms with Crippen molar-refractivity contribution >= 4 is 26.8 Å².